The fraction of sp³-hybridized carbons (Fsp3) is 0.500. The van der Waals surface area contributed by atoms with E-state index in [-0.39, 0.29) is 20.4 Å². The molecule has 0 amide bonds. The van der Waals surface area contributed by atoms with Crippen LogP contribution in [-0.4, -0.2) is 5.97 Å². The summed E-state index contributed by atoms with van der Waals surface area (Å²) in [5.74, 6) is -0.480. The van der Waals surface area contributed by atoms with Gasteiger partial charge in [-0.1, -0.05) is 0 Å². The Kier molecular flexibility index (Phi) is 8.73. The average molecular weight is 201 g/mol. The van der Waals surface area contributed by atoms with E-state index in [1.165, 1.54) is 6.92 Å². The van der Waals surface area contributed by atoms with Gasteiger partial charge in [0.2, 0.25) is 0 Å². The molecule has 2 nitrogen and oxygen atoms in total. The van der Waals surface area contributed by atoms with Gasteiger partial charge in [0, 0.05) is 27.3 Å². The Labute approximate surface area is 54.6 Å². The third kappa shape index (κ3) is 8.83. The van der Waals surface area contributed by atoms with E-state index in [1.54, 1.807) is 0 Å². The molecule has 0 radical (unpaired) electrons. The molecule has 0 bridgehead atoms. The minimum absolute atomic E-state index is 0. The van der Waals surface area contributed by atoms with Crippen LogP contribution in [0.25, 0.3) is 0 Å². The van der Waals surface area contributed by atoms with Gasteiger partial charge in [-0.15, -0.1) is 0 Å². The van der Waals surface area contributed by atoms with E-state index in [9.17, 15) is 4.79 Å². The van der Waals surface area contributed by atoms with E-state index in [4.69, 9.17) is 0 Å². The summed E-state index contributed by atoms with van der Waals surface area (Å²) in [5, 5.41) is 0. The summed E-state index contributed by atoms with van der Waals surface area (Å²) in [6.45, 7) is 1.23. The van der Waals surface area contributed by atoms with E-state index in [0.29, 0.717) is 0 Å². The van der Waals surface area contributed by atoms with E-state index >= 15 is 0 Å². The minimum Gasteiger partial charge on any atom is -0.348 e. The van der Waals surface area contributed by atoms with Crippen molar-refractivity contribution in [2.45, 2.75) is 6.92 Å². The molecule has 0 heterocycles. The molecule has 0 spiro atoms. The SMILES string of the molecule is CC(=O)OCl.[Pd]. The molecule has 4 heteroatoms. The second-order valence-corrected chi connectivity index (χ2v) is 0.723. The summed E-state index contributed by atoms with van der Waals surface area (Å²) in [4.78, 5) is 9.46. The van der Waals surface area contributed by atoms with Crippen molar-refractivity contribution in [3.8, 4) is 0 Å². The molecule has 0 aromatic carbocycles. The molecule has 0 saturated carbocycles. The summed E-state index contributed by atoms with van der Waals surface area (Å²) in [7, 11) is 0. The quantitative estimate of drug-likeness (QED) is 0.539. The van der Waals surface area contributed by atoms with Crippen molar-refractivity contribution >= 4 is 17.8 Å². The molecule has 0 aliphatic carbocycles. The predicted octanol–water partition coefficient (Wildman–Crippen LogP) is 0.701. The van der Waals surface area contributed by atoms with E-state index in [2.05, 4.69) is 16.2 Å². The molecule has 0 saturated heterocycles. The summed E-state index contributed by atoms with van der Waals surface area (Å²) < 4.78 is 3.58. The first kappa shape index (κ1) is 9.66. The summed E-state index contributed by atoms with van der Waals surface area (Å²) in [6, 6.07) is 0. The van der Waals surface area contributed by atoms with Gasteiger partial charge in [-0.25, -0.2) is 0 Å². The molecular formula is C2H3ClO2Pd. The van der Waals surface area contributed by atoms with Crippen molar-refractivity contribution in [3.05, 3.63) is 0 Å². The molecule has 0 aliphatic rings. The average Bonchev–Trinajstić information content (AvgIpc) is 1.38. The maximum absolute atomic E-state index is 9.46. The molecule has 0 aliphatic heterocycles. The van der Waals surface area contributed by atoms with Crippen LogP contribution < -0.4 is 0 Å². The largest absolute Gasteiger partial charge is 0.348 e. The zero-order valence-corrected chi connectivity index (χ0v) is 5.32. The molecule has 0 unspecified atom stereocenters. The number of hydrogen-bond acceptors (Lipinski definition) is 2. The van der Waals surface area contributed by atoms with Crippen LogP contribution in [0.5, 0.6) is 0 Å². The maximum atomic E-state index is 9.46. The fourth-order valence-electron chi connectivity index (χ4n) is 0. The molecule has 0 N–H and O–H groups in total. The third-order valence-corrected chi connectivity index (χ3v) is 0.326. The number of carbonyl (C=O) groups excluding carboxylic acids is 1. The van der Waals surface area contributed by atoms with Crippen LogP contribution >= 0.6 is 11.9 Å². The first-order valence-corrected chi connectivity index (χ1v) is 1.37. The van der Waals surface area contributed by atoms with E-state index in [1.807, 2.05) is 0 Å². The van der Waals surface area contributed by atoms with Crippen LogP contribution in [-0.2, 0) is 29.5 Å². The van der Waals surface area contributed by atoms with Crippen LogP contribution in [0.1, 0.15) is 6.92 Å². The van der Waals surface area contributed by atoms with Crippen LogP contribution in [0.3, 0.4) is 0 Å². The van der Waals surface area contributed by atoms with Crippen molar-refractivity contribution in [2.24, 2.45) is 0 Å². The summed E-state index contributed by atoms with van der Waals surface area (Å²) in [6.07, 6.45) is 0. The van der Waals surface area contributed by atoms with Gasteiger partial charge < -0.3 is 4.29 Å². The minimum atomic E-state index is -0.480. The second-order valence-electron chi connectivity index (χ2n) is 0.569. The van der Waals surface area contributed by atoms with Crippen molar-refractivity contribution < 1.29 is 29.5 Å². The number of rotatable bonds is 0. The van der Waals surface area contributed by atoms with Crippen LogP contribution in [0.4, 0.5) is 0 Å². The Morgan fingerprint density at radius 2 is 2.00 bits per heavy atom. The molecule has 0 fully saturated rings. The van der Waals surface area contributed by atoms with Crippen molar-refractivity contribution in [1.29, 1.82) is 0 Å². The molecular weight excluding hydrogens is 198 g/mol. The Morgan fingerprint density at radius 1 is 1.83 bits per heavy atom. The smallest absolute Gasteiger partial charge is 0.321 e. The Hall–Kier alpha value is 0.422. The van der Waals surface area contributed by atoms with Crippen LogP contribution in [0, 0.1) is 0 Å². The van der Waals surface area contributed by atoms with Gasteiger partial charge in [0.15, 0.2) is 0 Å². The van der Waals surface area contributed by atoms with Gasteiger partial charge in [0.1, 0.15) is 11.9 Å². The first-order chi connectivity index (χ1) is 2.27. The number of halogens is 1. The Balaban J connectivity index is 0. The van der Waals surface area contributed by atoms with Crippen molar-refractivity contribution in [2.75, 3.05) is 0 Å². The van der Waals surface area contributed by atoms with Gasteiger partial charge in [-0.2, -0.15) is 0 Å². The van der Waals surface area contributed by atoms with Crippen molar-refractivity contribution in [1.82, 2.24) is 0 Å². The molecule has 0 aromatic rings. The Morgan fingerprint density at radius 3 is 2.00 bits per heavy atom. The maximum Gasteiger partial charge on any atom is 0.321 e. The zero-order valence-electron chi connectivity index (χ0n) is 3.01. The van der Waals surface area contributed by atoms with Gasteiger partial charge >= 0.3 is 5.97 Å². The predicted molar refractivity (Wildman–Crippen MR) is 17.6 cm³/mol. The van der Waals surface area contributed by atoms with E-state index in [0.717, 1.165) is 0 Å². The molecule has 0 aromatic heterocycles. The van der Waals surface area contributed by atoms with Gasteiger partial charge in [0.25, 0.3) is 0 Å². The second kappa shape index (κ2) is 5.42. The standard InChI is InChI=1S/C2H3ClO2.Pd/c1-2(4)5-3;/h1H3;. The number of carbonyl (C=O) groups is 1. The first-order valence-electron chi connectivity index (χ1n) is 1.06. The summed E-state index contributed by atoms with van der Waals surface area (Å²) >= 11 is 4.49. The van der Waals surface area contributed by atoms with Crippen LogP contribution in [0.2, 0.25) is 0 Å². The fourth-order valence-corrected chi connectivity index (χ4v) is 0. The van der Waals surface area contributed by atoms with Gasteiger partial charge in [-0.3, -0.25) is 4.79 Å². The topological polar surface area (TPSA) is 26.3 Å². The van der Waals surface area contributed by atoms with Gasteiger partial charge in [-0.05, 0) is 0 Å². The summed E-state index contributed by atoms with van der Waals surface area (Å²) in [5.41, 5.74) is 0. The third-order valence-electron chi connectivity index (χ3n) is 0.109. The molecule has 40 valence electrons. The zero-order chi connectivity index (χ0) is 4.28. The van der Waals surface area contributed by atoms with E-state index < -0.39 is 5.97 Å². The monoisotopic (exact) mass is 200 g/mol. The number of hydrogen-bond donors (Lipinski definition) is 0. The van der Waals surface area contributed by atoms with Crippen LogP contribution in [0.15, 0.2) is 0 Å². The molecule has 0 rings (SSSR count). The van der Waals surface area contributed by atoms with Gasteiger partial charge in [0.05, 0.1) is 0 Å². The molecule has 6 heavy (non-hydrogen) atoms. The normalized spacial score (nSPS) is 5.67. The Bertz CT molecular complexity index is 46.8. The van der Waals surface area contributed by atoms with Crippen molar-refractivity contribution in [3.63, 3.8) is 0 Å². The molecule has 0 atom stereocenters.